The zero-order chi connectivity index (χ0) is 15.7. The Morgan fingerprint density at radius 1 is 1.14 bits per heavy atom. The lowest BCUT2D eigenvalue weighted by atomic mass is 10.1. The van der Waals surface area contributed by atoms with E-state index in [-0.39, 0.29) is 36.4 Å². The van der Waals surface area contributed by atoms with Crippen LogP contribution in [0.1, 0.15) is 25.0 Å². The molecule has 0 radical (unpaired) electrons. The van der Waals surface area contributed by atoms with Gasteiger partial charge >= 0.3 is 0 Å². The zero-order valence-corrected chi connectivity index (χ0v) is 16.2. The third-order valence-corrected chi connectivity index (χ3v) is 3.16. The Morgan fingerprint density at radius 3 is 2.32 bits per heavy atom. The number of halogens is 1. The zero-order valence-electron chi connectivity index (χ0n) is 13.8. The first kappa shape index (κ1) is 20.7. The van der Waals surface area contributed by atoms with E-state index in [0.717, 1.165) is 13.0 Å². The van der Waals surface area contributed by atoms with Crippen LogP contribution in [-0.2, 0) is 17.8 Å². The van der Waals surface area contributed by atoms with Crippen LogP contribution in [0.2, 0.25) is 0 Å². The standard InChI is InChI=1S/C16H26N4O.HI/c1-5-13-9-7-8-10-14(13)11-18-16(17-6-2)19-12-15(21)20(3)4;/h7-10H,5-6,11-12H2,1-4H3,(H2,17,18,19);1H. The largest absolute Gasteiger partial charge is 0.357 e. The molecule has 1 amide bonds. The van der Waals surface area contributed by atoms with Crippen LogP contribution < -0.4 is 10.6 Å². The van der Waals surface area contributed by atoms with Crippen LogP contribution in [0.4, 0.5) is 0 Å². The number of benzene rings is 1. The minimum Gasteiger partial charge on any atom is -0.357 e. The number of amides is 1. The second-order valence-electron chi connectivity index (χ2n) is 4.96. The Bertz CT molecular complexity index is 489. The van der Waals surface area contributed by atoms with Gasteiger partial charge in [0, 0.05) is 20.6 Å². The number of likely N-dealkylation sites (N-methyl/N-ethyl adjacent to an activating group) is 1. The number of rotatable bonds is 6. The lowest BCUT2D eigenvalue weighted by molar-refractivity contribution is -0.127. The van der Waals surface area contributed by atoms with Crippen LogP contribution in [-0.4, -0.2) is 44.0 Å². The summed E-state index contributed by atoms with van der Waals surface area (Å²) in [7, 11) is 3.48. The second-order valence-corrected chi connectivity index (χ2v) is 4.96. The molecule has 2 N–H and O–H groups in total. The molecule has 0 aliphatic heterocycles. The van der Waals surface area contributed by atoms with E-state index in [1.54, 1.807) is 19.0 Å². The van der Waals surface area contributed by atoms with Gasteiger partial charge in [-0.1, -0.05) is 31.2 Å². The first-order valence-electron chi connectivity index (χ1n) is 7.37. The summed E-state index contributed by atoms with van der Waals surface area (Å²) in [6, 6.07) is 8.29. The maximum absolute atomic E-state index is 11.6. The fourth-order valence-corrected chi connectivity index (χ4v) is 1.88. The Balaban J connectivity index is 0.00000441. The minimum atomic E-state index is 0. The van der Waals surface area contributed by atoms with Crippen molar-refractivity contribution < 1.29 is 4.79 Å². The molecule has 0 fully saturated rings. The van der Waals surface area contributed by atoms with Crippen molar-refractivity contribution in [3.05, 3.63) is 35.4 Å². The number of guanidine groups is 1. The topological polar surface area (TPSA) is 56.7 Å². The van der Waals surface area contributed by atoms with Gasteiger partial charge in [0.2, 0.25) is 5.91 Å². The molecule has 1 aromatic carbocycles. The van der Waals surface area contributed by atoms with E-state index in [1.807, 2.05) is 19.1 Å². The molecule has 0 saturated carbocycles. The van der Waals surface area contributed by atoms with Gasteiger partial charge in [0.1, 0.15) is 0 Å². The Labute approximate surface area is 150 Å². The lowest BCUT2D eigenvalue weighted by Gasteiger charge is -2.14. The summed E-state index contributed by atoms with van der Waals surface area (Å²) in [5, 5.41) is 6.21. The van der Waals surface area contributed by atoms with Gasteiger partial charge < -0.3 is 15.5 Å². The average Bonchev–Trinajstić information content (AvgIpc) is 2.49. The van der Waals surface area contributed by atoms with E-state index in [0.29, 0.717) is 12.5 Å². The molecular weight excluding hydrogens is 391 g/mol. The third kappa shape index (κ3) is 7.11. The summed E-state index contributed by atoms with van der Waals surface area (Å²) in [6.45, 7) is 5.76. The SMILES string of the molecule is CCNC(=NCc1ccccc1CC)NCC(=O)N(C)C.I. The number of aliphatic imine (C=N–C) groups is 1. The fraction of sp³-hybridized carbons (Fsp3) is 0.500. The molecule has 0 heterocycles. The fourth-order valence-electron chi connectivity index (χ4n) is 1.88. The van der Waals surface area contributed by atoms with E-state index in [9.17, 15) is 4.79 Å². The molecule has 0 unspecified atom stereocenters. The van der Waals surface area contributed by atoms with E-state index in [4.69, 9.17) is 0 Å². The number of nitrogens with zero attached hydrogens (tertiary/aromatic N) is 2. The Hall–Kier alpha value is -1.31. The number of hydrogen-bond acceptors (Lipinski definition) is 2. The van der Waals surface area contributed by atoms with Gasteiger partial charge in [-0.05, 0) is 24.5 Å². The third-order valence-electron chi connectivity index (χ3n) is 3.16. The van der Waals surface area contributed by atoms with Crippen LogP contribution in [0.5, 0.6) is 0 Å². The molecule has 0 aromatic heterocycles. The van der Waals surface area contributed by atoms with E-state index in [1.165, 1.54) is 11.1 Å². The van der Waals surface area contributed by atoms with Crippen molar-refractivity contribution in [2.45, 2.75) is 26.8 Å². The van der Waals surface area contributed by atoms with Gasteiger partial charge in [-0.25, -0.2) is 4.99 Å². The van der Waals surface area contributed by atoms with Crippen LogP contribution in [0.25, 0.3) is 0 Å². The van der Waals surface area contributed by atoms with Gasteiger partial charge in [-0.2, -0.15) is 0 Å². The predicted molar refractivity (Wildman–Crippen MR) is 103 cm³/mol. The smallest absolute Gasteiger partial charge is 0.241 e. The van der Waals surface area contributed by atoms with Crippen molar-refractivity contribution >= 4 is 35.8 Å². The summed E-state index contributed by atoms with van der Waals surface area (Å²) < 4.78 is 0. The molecule has 0 bridgehead atoms. The molecule has 0 atom stereocenters. The van der Waals surface area contributed by atoms with Crippen LogP contribution in [0, 0.1) is 0 Å². The Morgan fingerprint density at radius 2 is 1.77 bits per heavy atom. The maximum atomic E-state index is 11.6. The van der Waals surface area contributed by atoms with Crippen molar-refractivity contribution in [2.75, 3.05) is 27.2 Å². The molecule has 0 aliphatic carbocycles. The van der Waals surface area contributed by atoms with Crippen molar-refractivity contribution in [1.82, 2.24) is 15.5 Å². The van der Waals surface area contributed by atoms with Crippen LogP contribution >= 0.6 is 24.0 Å². The first-order chi connectivity index (χ1) is 10.1. The highest BCUT2D eigenvalue weighted by atomic mass is 127. The summed E-state index contributed by atoms with van der Waals surface area (Å²) in [6.07, 6.45) is 0.995. The van der Waals surface area contributed by atoms with Gasteiger partial charge in [0.25, 0.3) is 0 Å². The van der Waals surface area contributed by atoms with E-state index in [2.05, 4.69) is 34.7 Å². The molecule has 0 saturated heterocycles. The van der Waals surface area contributed by atoms with Gasteiger partial charge in [-0.15, -0.1) is 24.0 Å². The summed E-state index contributed by atoms with van der Waals surface area (Å²) in [4.78, 5) is 17.7. The summed E-state index contributed by atoms with van der Waals surface area (Å²) in [5.41, 5.74) is 2.53. The van der Waals surface area contributed by atoms with Gasteiger partial charge in [0.05, 0.1) is 13.1 Å². The molecule has 1 aromatic rings. The van der Waals surface area contributed by atoms with Crippen molar-refractivity contribution in [3.8, 4) is 0 Å². The quantitative estimate of drug-likeness (QED) is 0.422. The lowest BCUT2D eigenvalue weighted by Crippen LogP contribution is -2.42. The summed E-state index contributed by atoms with van der Waals surface area (Å²) >= 11 is 0. The highest BCUT2D eigenvalue weighted by molar-refractivity contribution is 14.0. The highest BCUT2D eigenvalue weighted by Crippen LogP contribution is 2.10. The van der Waals surface area contributed by atoms with Crippen molar-refractivity contribution in [1.29, 1.82) is 0 Å². The maximum Gasteiger partial charge on any atom is 0.241 e. The van der Waals surface area contributed by atoms with Crippen LogP contribution in [0.3, 0.4) is 0 Å². The molecule has 5 nitrogen and oxygen atoms in total. The minimum absolute atomic E-state index is 0. The number of carbonyl (C=O) groups is 1. The molecule has 22 heavy (non-hydrogen) atoms. The number of hydrogen-bond donors (Lipinski definition) is 2. The average molecular weight is 418 g/mol. The molecule has 6 heteroatoms. The Kier molecular flexibility index (Phi) is 10.6. The molecular formula is C16H27IN4O. The molecule has 1 rings (SSSR count). The van der Waals surface area contributed by atoms with Gasteiger partial charge in [0.15, 0.2) is 5.96 Å². The molecule has 124 valence electrons. The van der Waals surface area contributed by atoms with Crippen molar-refractivity contribution in [2.24, 2.45) is 4.99 Å². The molecule has 0 aliphatic rings. The van der Waals surface area contributed by atoms with Crippen molar-refractivity contribution in [3.63, 3.8) is 0 Å². The predicted octanol–water partition coefficient (Wildman–Crippen LogP) is 2.01. The van der Waals surface area contributed by atoms with E-state index >= 15 is 0 Å². The van der Waals surface area contributed by atoms with Crippen LogP contribution in [0.15, 0.2) is 29.3 Å². The van der Waals surface area contributed by atoms with Gasteiger partial charge in [-0.3, -0.25) is 4.79 Å². The second kappa shape index (κ2) is 11.3. The highest BCUT2D eigenvalue weighted by Gasteiger charge is 2.05. The monoisotopic (exact) mass is 418 g/mol. The normalized spacial score (nSPS) is 10.6. The number of nitrogens with one attached hydrogen (secondary N) is 2. The number of aryl methyl sites for hydroxylation is 1. The van der Waals surface area contributed by atoms with E-state index < -0.39 is 0 Å². The molecule has 0 spiro atoms. The summed E-state index contributed by atoms with van der Waals surface area (Å²) in [5.74, 6) is 0.688. The first-order valence-corrected chi connectivity index (χ1v) is 7.37. The number of carbonyl (C=O) groups excluding carboxylic acids is 1.